The highest BCUT2D eigenvalue weighted by molar-refractivity contribution is 5.80. The number of benzene rings is 2. The van der Waals surface area contributed by atoms with Crippen LogP contribution in [0.3, 0.4) is 0 Å². The summed E-state index contributed by atoms with van der Waals surface area (Å²) in [6, 6.07) is 23.1. The van der Waals surface area contributed by atoms with Crippen LogP contribution in [0.2, 0.25) is 0 Å². The number of guanidine groups is 1. The minimum absolute atomic E-state index is 0.481. The molecule has 5 rings (SSSR count). The number of hydrogen-bond acceptors (Lipinski definition) is 4. The third-order valence-electron chi connectivity index (χ3n) is 9.64. The number of aliphatic imine (C=N–C) groups is 1. The van der Waals surface area contributed by atoms with Gasteiger partial charge in [-0.05, 0) is 62.7 Å². The summed E-state index contributed by atoms with van der Waals surface area (Å²) >= 11 is 0. The molecular formula is C37H58N6. The van der Waals surface area contributed by atoms with Gasteiger partial charge in [0, 0.05) is 58.4 Å². The average molecular weight is 587 g/mol. The maximum atomic E-state index is 5.54. The minimum Gasteiger partial charge on any atom is -0.353 e. The molecule has 2 N–H and O–H groups in total. The molecule has 1 aliphatic heterocycles. The van der Waals surface area contributed by atoms with Crippen molar-refractivity contribution in [2.45, 2.75) is 102 Å². The van der Waals surface area contributed by atoms with Crippen molar-refractivity contribution < 1.29 is 0 Å². The summed E-state index contributed by atoms with van der Waals surface area (Å²) in [4.78, 5) is 13.5. The number of hydrogen-bond donors (Lipinski definition) is 2. The Morgan fingerprint density at radius 2 is 1.21 bits per heavy atom. The predicted octanol–water partition coefficient (Wildman–Crippen LogP) is 6.29. The summed E-state index contributed by atoms with van der Waals surface area (Å²) in [5.74, 6) is 1.21. The lowest BCUT2D eigenvalue weighted by molar-refractivity contribution is 0.211. The van der Waals surface area contributed by atoms with E-state index in [0.29, 0.717) is 12.1 Å². The molecule has 1 heterocycles. The third kappa shape index (κ3) is 11.6. The molecule has 236 valence electrons. The fraction of sp³-hybridized carbons (Fsp3) is 0.649. The van der Waals surface area contributed by atoms with Crippen molar-refractivity contribution in [3.63, 3.8) is 0 Å². The fourth-order valence-electron chi connectivity index (χ4n) is 7.11. The summed E-state index contributed by atoms with van der Waals surface area (Å²) in [5, 5.41) is 7.81. The zero-order valence-corrected chi connectivity index (χ0v) is 26.8. The van der Waals surface area contributed by atoms with E-state index in [-0.39, 0.29) is 0 Å². The van der Waals surface area contributed by atoms with Gasteiger partial charge in [0.2, 0.25) is 0 Å². The van der Waals surface area contributed by atoms with E-state index in [1.54, 1.807) is 0 Å². The Hall–Kier alpha value is -2.41. The van der Waals surface area contributed by atoms with Crippen molar-refractivity contribution >= 4 is 5.96 Å². The van der Waals surface area contributed by atoms with E-state index in [1.807, 2.05) is 0 Å². The quantitative estimate of drug-likeness (QED) is 0.308. The third-order valence-corrected chi connectivity index (χ3v) is 9.64. The first-order valence-corrected chi connectivity index (χ1v) is 17.6. The van der Waals surface area contributed by atoms with Crippen molar-refractivity contribution in [1.29, 1.82) is 0 Å². The first-order chi connectivity index (χ1) is 21.3. The van der Waals surface area contributed by atoms with Crippen LogP contribution in [0.4, 0.5) is 0 Å². The van der Waals surface area contributed by atoms with Crippen molar-refractivity contribution in [3.8, 4) is 0 Å². The van der Waals surface area contributed by atoms with E-state index >= 15 is 0 Å². The lowest BCUT2D eigenvalue weighted by Crippen LogP contribution is -2.50. The molecule has 2 aromatic rings. The van der Waals surface area contributed by atoms with Gasteiger partial charge in [-0.3, -0.25) is 9.80 Å². The van der Waals surface area contributed by atoms with E-state index < -0.39 is 0 Å². The van der Waals surface area contributed by atoms with Gasteiger partial charge in [-0.25, -0.2) is 4.99 Å². The molecule has 43 heavy (non-hydrogen) atoms. The molecule has 0 spiro atoms. The molecule has 0 amide bonds. The molecule has 1 saturated heterocycles. The number of nitrogens with one attached hydrogen (secondary N) is 2. The Kier molecular flexibility index (Phi) is 13.7. The molecule has 0 radical (unpaired) electrons. The number of rotatable bonds is 6. The van der Waals surface area contributed by atoms with E-state index in [0.717, 1.165) is 71.9 Å². The predicted molar refractivity (Wildman–Crippen MR) is 181 cm³/mol. The van der Waals surface area contributed by atoms with E-state index in [9.17, 15) is 0 Å². The zero-order valence-electron chi connectivity index (χ0n) is 26.8. The second kappa shape index (κ2) is 18.4. The molecule has 3 aliphatic rings. The molecule has 6 nitrogen and oxygen atoms in total. The van der Waals surface area contributed by atoms with E-state index in [2.05, 4.69) is 86.0 Å². The lowest BCUT2D eigenvalue weighted by Gasteiger charge is -2.35. The molecule has 0 atom stereocenters. The molecule has 0 bridgehead atoms. The molecule has 2 aliphatic carbocycles. The Labute approximate surface area is 262 Å². The summed E-state index contributed by atoms with van der Waals surface area (Å²) in [7, 11) is 0. The summed E-state index contributed by atoms with van der Waals surface area (Å²) in [6.45, 7) is 10.6. The van der Waals surface area contributed by atoms with Crippen LogP contribution in [-0.2, 0) is 13.1 Å². The van der Waals surface area contributed by atoms with E-state index in [1.165, 1.54) is 87.7 Å². The average Bonchev–Trinajstić information content (AvgIpc) is 3.05. The van der Waals surface area contributed by atoms with Gasteiger partial charge in [-0.15, -0.1) is 0 Å². The minimum atomic E-state index is 0.481. The molecular weight excluding hydrogens is 528 g/mol. The topological polar surface area (TPSA) is 46.1 Å². The van der Waals surface area contributed by atoms with Crippen LogP contribution < -0.4 is 10.6 Å². The van der Waals surface area contributed by atoms with E-state index in [4.69, 9.17) is 4.99 Å². The Morgan fingerprint density at radius 1 is 0.605 bits per heavy atom. The van der Waals surface area contributed by atoms with Gasteiger partial charge in [0.05, 0.1) is 6.04 Å². The van der Waals surface area contributed by atoms with Gasteiger partial charge < -0.3 is 15.5 Å². The normalized spacial score (nSPS) is 22.2. The molecule has 2 aromatic carbocycles. The highest BCUT2D eigenvalue weighted by Gasteiger charge is 2.22. The van der Waals surface area contributed by atoms with Gasteiger partial charge in [0.25, 0.3) is 0 Å². The standard InChI is InChI=1S/C37H58N6/c1-5-15-33(16-6-1)31-41-26-14-27-43(37(39-35-19-9-3-10-20-35)40-36-21-11-4-12-22-36)30-29-42(25-13-23-38-24-28-41)32-34-17-7-2-8-18-34/h1-2,5-8,15-18,35-36,38H,3-4,9-14,19-32H2,(H,39,40). The van der Waals surface area contributed by atoms with Gasteiger partial charge >= 0.3 is 0 Å². The second-order valence-electron chi connectivity index (χ2n) is 13.2. The largest absolute Gasteiger partial charge is 0.353 e. The highest BCUT2D eigenvalue weighted by Crippen LogP contribution is 2.22. The monoisotopic (exact) mass is 586 g/mol. The van der Waals surface area contributed by atoms with Gasteiger partial charge in [0.15, 0.2) is 5.96 Å². The second-order valence-corrected chi connectivity index (χ2v) is 13.2. The number of nitrogens with zero attached hydrogens (tertiary/aromatic N) is 4. The maximum Gasteiger partial charge on any atom is 0.194 e. The summed E-state index contributed by atoms with van der Waals surface area (Å²) in [5.41, 5.74) is 2.83. The molecule has 6 heteroatoms. The van der Waals surface area contributed by atoms with Crippen molar-refractivity contribution in [2.75, 3.05) is 52.4 Å². The molecule has 2 saturated carbocycles. The van der Waals surface area contributed by atoms with Crippen LogP contribution in [0, 0.1) is 0 Å². The summed E-state index contributed by atoms with van der Waals surface area (Å²) in [6.07, 6.45) is 15.5. The SMILES string of the molecule is c1ccc(CN2CCCN(C(=NC3CCCCC3)NC3CCCCC3)CCN(Cc3ccccc3)CCCNCC2)cc1. The van der Waals surface area contributed by atoms with Crippen LogP contribution >= 0.6 is 0 Å². The summed E-state index contributed by atoms with van der Waals surface area (Å²) < 4.78 is 0. The van der Waals surface area contributed by atoms with Crippen LogP contribution in [-0.4, -0.2) is 85.1 Å². The fourth-order valence-corrected chi connectivity index (χ4v) is 7.11. The zero-order chi connectivity index (χ0) is 29.4. The van der Waals surface area contributed by atoms with Crippen molar-refractivity contribution in [3.05, 3.63) is 71.8 Å². The van der Waals surface area contributed by atoms with Crippen molar-refractivity contribution in [2.24, 2.45) is 4.99 Å². The molecule has 3 fully saturated rings. The van der Waals surface area contributed by atoms with Crippen molar-refractivity contribution in [1.82, 2.24) is 25.3 Å². The molecule has 0 unspecified atom stereocenters. The maximum absolute atomic E-state index is 5.54. The lowest BCUT2D eigenvalue weighted by atomic mass is 9.95. The van der Waals surface area contributed by atoms with Crippen LogP contribution in [0.25, 0.3) is 0 Å². The van der Waals surface area contributed by atoms with Crippen LogP contribution in [0.1, 0.15) is 88.2 Å². The smallest absolute Gasteiger partial charge is 0.194 e. The first-order valence-electron chi connectivity index (χ1n) is 17.6. The van der Waals surface area contributed by atoms with Crippen LogP contribution in [0.5, 0.6) is 0 Å². The first kappa shape index (κ1) is 32.0. The van der Waals surface area contributed by atoms with Crippen LogP contribution in [0.15, 0.2) is 65.7 Å². The van der Waals surface area contributed by atoms with Gasteiger partial charge in [0.1, 0.15) is 0 Å². The Bertz CT molecular complexity index is 1030. The Balaban J connectivity index is 1.33. The highest BCUT2D eigenvalue weighted by atomic mass is 15.3. The molecule has 0 aromatic heterocycles. The van der Waals surface area contributed by atoms with Gasteiger partial charge in [-0.2, -0.15) is 0 Å². The van der Waals surface area contributed by atoms with Gasteiger partial charge in [-0.1, -0.05) is 99.2 Å². The Morgan fingerprint density at radius 3 is 1.88 bits per heavy atom.